The molecule has 2 heteroatoms. The van der Waals surface area contributed by atoms with Crippen LogP contribution in [-0.4, -0.2) is 5.84 Å². The minimum absolute atomic E-state index is 0.00488. The van der Waals surface area contributed by atoms with Crippen LogP contribution in [0.5, 0.6) is 0 Å². The zero-order valence-electron chi connectivity index (χ0n) is 15.9. The summed E-state index contributed by atoms with van der Waals surface area (Å²) in [6.07, 6.45) is 1.97. The Labute approximate surface area is 151 Å². The Balaban J connectivity index is 2.29. The largest absolute Gasteiger partial charge is 0.383 e. The molecule has 130 valence electrons. The molecule has 1 aliphatic heterocycles. The average molecular weight is 332 g/mol. The van der Waals surface area contributed by atoms with Gasteiger partial charge in [-0.15, -0.1) is 0 Å². The number of rotatable bonds is 1. The van der Waals surface area contributed by atoms with Crippen molar-refractivity contribution in [1.29, 1.82) is 0 Å². The maximum atomic E-state index is 6.39. The Hall–Kier alpha value is -2.35. The summed E-state index contributed by atoms with van der Waals surface area (Å²) in [7, 11) is 0. The predicted octanol–water partition coefficient (Wildman–Crippen LogP) is 5.39. The van der Waals surface area contributed by atoms with Gasteiger partial charge in [0.2, 0.25) is 0 Å². The Bertz CT molecular complexity index is 826. The van der Waals surface area contributed by atoms with Crippen LogP contribution < -0.4 is 5.73 Å². The van der Waals surface area contributed by atoms with Gasteiger partial charge < -0.3 is 5.73 Å². The monoisotopic (exact) mass is 332 g/mol. The van der Waals surface area contributed by atoms with Gasteiger partial charge in [0.1, 0.15) is 5.84 Å². The molecule has 0 bridgehead atoms. The third kappa shape index (κ3) is 2.80. The molecule has 0 saturated heterocycles. The molecule has 3 rings (SSSR count). The van der Waals surface area contributed by atoms with Crippen LogP contribution in [0.4, 0.5) is 0 Å². The summed E-state index contributed by atoms with van der Waals surface area (Å²) in [5, 5.41) is 0. The maximum absolute atomic E-state index is 6.39. The van der Waals surface area contributed by atoms with Crippen molar-refractivity contribution in [1.82, 2.24) is 0 Å². The molecular weight excluding hydrogens is 304 g/mol. The van der Waals surface area contributed by atoms with Crippen molar-refractivity contribution in [3.8, 4) is 0 Å². The Kier molecular flexibility index (Phi) is 4.32. The van der Waals surface area contributed by atoms with E-state index in [0.717, 1.165) is 5.56 Å². The summed E-state index contributed by atoms with van der Waals surface area (Å²) in [6.45, 7) is 11.7. The predicted molar refractivity (Wildman–Crippen MR) is 108 cm³/mol. The number of benzene rings is 2. The van der Waals surface area contributed by atoms with Gasteiger partial charge >= 0.3 is 0 Å². The van der Waals surface area contributed by atoms with Crippen LogP contribution in [-0.2, 0) is 5.41 Å². The molecule has 1 heterocycles. The molecule has 2 aromatic rings. The van der Waals surface area contributed by atoms with Crippen LogP contribution in [0.25, 0.3) is 5.57 Å². The highest BCUT2D eigenvalue weighted by molar-refractivity contribution is 6.00. The number of amidine groups is 1. The van der Waals surface area contributed by atoms with Crippen molar-refractivity contribution in [2.75, 3.05) is 0 Å². The van der Waals surface area contributed by atoms with Crippen LogP contribution in [0, 0.1) is 11.3 Å². The molecule has 25 heavy (non-hydrogen) atoms. The molecule has 0 fully saturated rings. The number of nitrogens with zero attached hydrogens (tertiary/aromatic N) is 1. The first-order chi connectivity index (χ1) is 11.8. The van der Waals surface area contributed by atoms with Crippen molar-refractivity contribution in [3.05, 3.63) is 77.5 Å². The molecule has 0 aliphatic carbocycles. The van der Waals surface area contributed by atoms with E-state index in [0.29, 0.717) is 11.8 Å². The first-order valence-electron chi connectivity index (χ1n) is 8.95. The van der Waals surface area contributed by atoms with Crippen LogP contribution in [0.2, 0.25) is 0 Å². The molecule has 2 nitrogen and oxygen atoms in total. The molecular formula is C23H28N2. The number of hydrogen-bond acceptors (Lipinski definition) is 2. The van der Waals surface area contributed by atoms with Gasteiger partial charge in [-0.05, 0) is 33.4 Å². The first-order valence-corrected chi connectivity index (χ1v) is 8.95. The van der Waals surface area contributed by atoms with E-state index >= 15 is 0 Å². The van der Waals surface area contributed by atoms with Crippen molar-refractivity contribution in [2.24, 2.45) is 22.1 Å². The van der Waals surface area contributed by atoms with E-state index in [1.54, 1.807) is 0 Å². The summed E-state index contributed by atoms with van der Waals surface area (Å²) in [5.74, 6) is 0.898. The first kappa shape index (κ1) is 17.5. The minimum Gasteiger partial charge on any atom is -0.383 e. The fraction of sp³-hybridized carbons (Fsp3) is 0.348. The lowest BCUT2D eigenvalue weighted by Crippen LogP contribution is -2.42. The lowest BCUT2D eigenvalue weighted by atomic mass is 9.56. The second kappa shape index (κ2) is 6.18. The van der Waals surface area contributed by atoms with Crippen LogP contribution >= 0.6 is 0 Å². The fourth-order valence-electron chi connectivity index (χ4n) is 3.80. The van der Waals surface area contributed by atoms with E-state index in [1.807, 2.05) is 18.3 Å². The lowest BCUT2D eigenvalue weighted by molar-refractivity contribution is 0.148. The van der Waals surface area contributed by atoms with Gasteiger partial charge in [0.15, 0.2) is 0 Å². The summed E-state index contributed by atoms with van der Waals surface area (Å²) >= 11 is 0. The number of allylic oxidation sites excluding steroid dienone is 1. The second-order valence-corrected chi connectivity index (χ2v) is 8.08. The van der Waals surface area contributed by atoms with Gasteiger partial charge in [0, 0.05) is 11.8 Å². The molecule has 1 unspecified atom stereocenters. The van der Waals surface area contributed by atoms with E-state index in [-0.39, 0.29) is 10.8 Å². The van der Waals surface area contributed by atoms with Crippen LogP contribution in [0.15, 0.2) is 65.8 Å². The average Bonchev–Trinajstić information content (AvgIpc) is 2.63. The number of fused-ring (bicyclic) bond motifs is 1. The Morgan fingerprint density at radius 1 is 0.880 bits per heavy atom. The van der Waals surface area contributed by atoms with Crippen molar-refractivity contribution >= 4 is 11.4 Å². The molecule has 2 aromatic carbocycles. The summed E-state index contributed by atoms with van der Waals surface area (Å²) in [5.41, 5.74) is 11.1. The van der Waals surface area contributed by atoms with Gasteiger partial charge in [-0.1, -0.05) is 89.2 Å². The van der Waals surface area contributed by atoms with E-state index in [2.05, 4.69) is 82.1 Å². The molecule has 1 atom stereocenters. The Morgan fingerprint density at radius 2 is 1.48 bits per heavy atom. The summed E-state index contributed by atoms with van der Waals surface area (Å²) in [6, 6.07) is 18.9. The van der Waals surface area contributed by atoms with E-state index in [4.69, 9.17) is 5.73 Å². The topological polar surface area (TPSA) is 38.4 Å². The van der Waals surface area contributed by atoms with E-state index in [9.17, 15) is 0 Å². The van der Waals surface area contributed by atoms with Crippen molar-refractivity contribution in [2.45, 2.75) is 40.0 Å². The third-order valence-corrected chi connectivity index (χ3v) is 6.49. The summed E-state index contributed by atoms with van der Waals surface area (Å²) < 4.78 is 0. The molecule has 0 saturated carbocycles. The van der Waals surface area contributed by atoms with E-state index < -0.39 is 0 Å². The highest BCUT2D eigenvalue weighted by Crippen LogP contribution is 2.51. The smallest absolute Gasteiger partial charge is 0.130 e. The molecule has 0 spiro atoms. The lowest BCUT2D eigenvalue weighted by Gasteiger charge is -2.47. The van der Waals surface area contributed by atoms with Gasteiger partial charge in [-0.2, -0.15) is 0 Å². The molecule has 0 amide bonds. The summed E-state index contributed by atoms with van der Waals surface area (Å²) in [4.78, 5) is 4.66. The van der Waals surface area contributed by atoms with Gasteiger partial charge in [0.25, 0.3) is 0 Å². The standard InChI is InChI=1S/C23H28N2/c1-16-19(17-11-7-6-8-12-17)15-25-21(24)18-13-9-10-14-20(18)23(4,5)22(16,2)3/h6-16H,1-5H3,(H2,24,25)/b19-15+. The fourth-order valence-corrected chi connectivity index (χ4v) is 3.80. The van der Waals surface area contributed by atoms with Crippen LogP contribution in [0.1, 0.15) is 51.3 Å². The Morgan fingerprint density at radius 3 is 2.16 bits per heavy atom. The number of hydrogen-bond donors (Lipinski definition) is 1. The number of nitrogens with two attached hydrogens (primary N) is 1. The van der Waals surface area contributed by atoms with Gasteiger partial charge in [0.05, 0.1) is 0 Å². The zero-order chi connectivity index (χ0) is 18.2. The highest BCUT2D eigenvalue weighted by atomic mass is 14.8. The molecule has 0 radical (unpaired) electrons. The molecule has 1 aliphatic rings. The zero-order valence-corrected chi connectivity index (χ0v) is 15.9. The van der Waals surface area contributed by atoms with Gasteiger partial charge in [-0.25, -0.2) is 4.99 Å². The quantitative estimate of drug-likeness (QED) is 0.747. The highest BCUT2D eigenvalue weighted by Gasteiger charge is 2.45. The second-order valence-electron chi connectivity index (χ2n) is 8.08. The van der Waals surface area contributed by atoms with Crippen molar-refractivity contribution < 1.29 is 0 Å². The van der Waals surface area contributed by atoms with Crippen molar-refractivity contribution in [3.63, 3.8) is 0 Å². The molecule has 2 N–H and O–H groups in total. The maximum Gasteiger partial charge on any atom is 0.130 e. The number of aliphatic imine (C=N–C) groups is 1. The van der Waals surface area contributed by atoms with Crippen LogP contribution in [0.3, 0.4) is 0 Å². The van der Waals surface area contributed by atoms with Gasteiger partial charge in [-0.3, -0.25) is 0 Å². The third-order valence-electron chi connectivity index (χ3n) is 6.49. The normalized spacial score (nSPS) is 24.0. The molecule has 0 aromatic heterocycles. The SMILES string of the molecule is CC1/C(c2ccccc2)=C\N=C(N)c2ccccc2C(C)(C)C1(C)C. The van der Waals surface area contributed by atoms with E-state index in [1.165, 1.54) is 16.7 Å². The minimum atomic E-state index is -0.0681.